The number of aldehydes is 1. The van der Waals surface area contributed by atoms with E-state index >= 15 is 0 Å². The molecule has 3 heterocycles. The van der Waals surface area contributed by atoms with Crippen molar-refractivity contribution >= 4 is 34.7 Å². The van der Waals surface area contributed by atoms with Gasteiger partial charge in [0.05, 0.1) is 28.3 Å². The van der Waals surface area contributed by atoms with Crippen LogP contribution in [0.15, 0.2) is 43.1 Å². The van der Waals surface area contributed by atoms with Crippen molar-refractivity contribution < 1.29 is 14.0 Å². The Labute approximate surface area is 217 Å². The molecule has 1 aliphatic heterocycles. The second-order valence-corrected chi connectivity index (χ2v) is 10.7. The molecular weight excluding hydrogens is 493 g/mol. The molecule has 1 aliphatic carbocycles. The number of aromatic nitrogens is 4. The van der Waals surface area contributed by atoms with Crippen LogP contribution in [-0.4, -0.2) is 50.2 Å². The predicted molar refractivity (Wildman–Crippen MR) is 140 cm³/mol. The molecule has 6 rings (SSSR count). The minimum Gasteiger partial charge on any atom is -0.338 e. The average molecular weight is 518 g/mol. The number of rotatable bonds is 5. The molecule has 1 spiro atoms. The van der Waals surface area contributed by atoms with Gasteiger partial charge in [-0.25, -0.2) is 4.39 Å². The number of nitrogens with one attached hydrogen (secondary N) is 1. The molecule has 0 atom stereocenters. The first kappa shape index (κ1) is 23.6. The summed E-state index contributed by atoms with van der Waals surface area (Å²) in [5, 5.41) is 13.7. The lowest BCUT2D eigenvalue weighted by molar-refractivity contribution is -0.149. The van der Waals surface area contributed by atoms with E-state index in [2.05, 4.69) is 16.8 Å². The van der Waals surface area contributed by atoms with Crippen molar-refractivity contribution in [1.82, 2.24) is 24.9 Å². The van der Waals surface area contributed by atoms with Gasteiger partial charge in [-0.15, -0.1) is 0 Å². The summed E-state index contributed by atoms with van der Waals surface area (Å²) < 4.78 is 16.7. The molecule has 4 aromatic rings. The fourth-order valence-electron chi connectivity index (χ4n) is 6.01. The van der Waals surface area contributed by atoms with Crippen LogP contribution in [0.3, 0.4) is 0 Å². The van der Waals surface area contributed by atoms with Crippen molar-refractivity contribution in [3.8, 4) is 22.4 Å². The Hall–Kier alpha value is -3.78. The number of H-pyrrole nitrogens is 1. The Morgan fingerprint density at radius 2 is 2.00 bits per heavy atom. The number of aryl methyl sites for hydroxylation is 1. The zero-order valence-electron chi connectivity index (χ0n) is 20.5. The van der Waals surface area contributed by atoms with E-state index in [9.17, 15) is 14.0 Å². The Bertz CT molecular complexity index is 1610. The van der Waals surface area contributed by atoms with Gasteiger partial charge in [0.1, 0.15) is 11.5 Å². The van der Waals surface area contributed by atoms with Crippen molar-refractivity contribution in [3.05, 3.63) is 70.8 Å². The van der Waals surface area contributed by atoms with E-state index in [1.807, 2.05) is 29.5 Å². The molecule has 1 saturated carbocycles. The van der Waals surface area contributed by atoms with Gasteiger partial charge < -0.3 is 4.90 Å². The summed E-state index contributed by atoms with van der Waals surface area (Å²) in [7, 11) is 0. The van der Waals surface area contributed by atoms with Crippen LogP contribution in [0.5, 0.6) is 0 Å². The average Bonchev–Trinajstić information content (AvgIpc) is 3.42. The first-order valence-corrected chi connectivity index (χ1v) is 12.5. The fourth-order valence-corrected chi connectivity index (χ4v) is 6.26. The molecule has 188 valence electrons. The first-order valence-electron chi connectivity index (χ1n) is 12.1. The molecule has 2 fully saturated rings. The molecule has 2 aromatic carbocycles. The highest BCUT2D eigenvalue weighted by Gasteiger charge is 2.54. The minimum absolute atomic E-state index is 0.00295. The summed E-state index contributed by atoms with van der Waals surface area (Å²) in [6.07, 6.45) is 5.40. The van der Waals surface area contributed by atoms with Crippen molar-refractivity contribution in [1.29, 1.82) is 0 Å². The second-order valence-electron chi connectivity index (χ2n) is 10.3. The summed E-state index contributed by atoms with van der Waals surface area (Å²) in [4.78, 5) is 25.0. The van der Waals surface area contributed by atoms with Crippen LogP contribution >= 0.6 is 11.6 Å². The number of hydrogen-bond donors (Lipinski definition) is 1. The highest BCUT2D eigenvalue weighted by Crippen LogP contribution is 2.55. The number of carbonyl (C=O) groups is 2. The summed E-state index contributed by atoms with van der Waals surface area (Å²) in [5.74, 6) is -0.633. The number of amides is 1. The molecule has 9 heteroatoms. The number of carbonyl (C=O) groups excluding carboxylic acids is 2. The largest absolute Gasteiger partial charge is 0.338 e. The fraction of sp³-hybridized carbons (Fsp3) is 0.286. The molecular formula is C28H25ClFN5O2. The van der Waals surface area contributed by atoms with E-state index in [1.165, 1.54) is 18.2 Å². The van der Waals surface area contributed by atoms with Gasteiger partial charge in [0.25, 0.3) is 0 Å². The monoisotopic (exact) mass is 517 g/mol. The molecule has 1 N–H and O–H groups in total. The summed E-state index contributed by atoms with van der Waals surface area (Å²) >= 11 is 6.90. The number of likely N-dealkylation sites (tertiary alicyclic amines) is 1. The van der Waals surface area contributed by atoms with Crippen LogP contribution in [-0.2, 0) is 4.79 Å². The lowest BCUT2D eigenvalue weighted by Gasteiger charge is -2.58. The maximum absolute atomic E-state index is 14.7. The number of aromatic amines is 1. The lowest BCUT2D eigenvalue weighted by Crippen LogP contribution is -2.63. The Balaban J connectivity index is 1.47. The van der Waals surface area contributed by atoms with E-state index in [4.69, 9.17) is 16.7 Å². The molecule has 2 aliphatic rings. The maximum atomic E-state index is 14.7. The quantitative estimate of drug-likeness (QED) is 0.273. The highest BCUT2D eigenvalue weighted by atomic mass is 35.5. The number of hydrogen-bond acceptors (Lipinski definition) is 4. The SMILES string of the molecule is C=CC(=O)N1CC2(CC(n3nc(-c4ccc(C=O)c(F)c4)c(-c4c(Cl)c(C)cc5[nH]ncc45)c3C)C2)C1. The standard InChI is InChI=1S/C28H25ClFN5O2/c1-4-23(37)34-13-28(14-34)9-19(10-28)35-16(3)24(25-20-11-31-32-22(20)7-15(2)26(25)29)27(33-35)17-5-6-18(12-36)21(30)8-17/h4-8,11-12,19H,1,9-10,13-14H2,2-3H3,(H,31,32). The minimum atomic E-state index is -0.599. The summed E-state index contributed by atoms with van der Waals surface area (Å²) in [5.41, 5.74) is 5.54. The van der Waals surface area contributed by atoms with Gasteiger partial charge in [-0.05, 0) is 56.5 Å². The van der Waals surface area contributed by atoms with Crippen LogP contribution in [0.2, 0.25) is 5.02 Å². The molecule has 0 unspecified atom stereocenters. The normalized spacial score (nSPS) is 16.6. The van der Waals surface area contributed by atoms with E-state index in [-0.39, 0.29) is 22.9 Å². The third kappa shape index (κ3) is 3.54. The molecule has 7 nitrogen and oxygen atoms in total. The first-order chi connectivity index (χ1) is 17.7. The number of benzene rings is 2. The van der Waals surface area contributed by atoms with Gasteiger partial charge >= 0.3 is 0 Å². The van der Waals surface area contributed by atoms with E-state index < -0.39 is 5.82 Å². The van der Waals surface area contributed by atoms with Crippen molar-refractivity contribution in [2.45, 2.75) is 32.7 Å². The van der Waals surface area contributed by atoms with Crippen molar-refractivity contribution in [3.63, 3.8) is 0 Å². The Morgan fingerprint density at radius 3 is 2.68 bits per heavy atom. The van der Waals surface area contributed by atoms with Crippen LogP contribution < -0.4 is 0 Å². The lowest BCUT2D eigenvalue weighted by atomic mass is 9.60. The van der Waals surface area contributed by atoms with Gasteiger partial charge in [0, 0.05) is 46.3 Å². The molecule has 1 amide bonds. The van der Waals surface area contributed by atoms with Crippen LogP contribution in [0.25, 0.3) is 33.3 Å². The Kier molecular flexibility index (Phi) is 5.35. The Morgan fingerprint density at radius 1 is 1.24 bits per heavy atom. The zero-order valence-corrected chi connectivity index (χ0v) is 21.3. The summed E-state index contributed by atoms with van der Waals surface area (Å²) in [6, 6.07) is 6.64. The molecule has 0 radical (unpaired) electrons. The zero-order chi connectivity index (χ0) is 26.1. The maximum Gasteiger partial charge on any atom is 0.245 e. The summed E-state index contributed by atoms with van der Waals surface area (Å²) in [6.45, 7) is 8.98. The van der Waals surface area contributed by atoms with E-state index in [0.29, 0.717) is 22.6 Å². The highest BCUT2D eigenvalue weighted by molar-refractivity contribution is 6.36. The molecule has 0 bridgehead atoms. The number of fused-ring (bicyclic) bond motifs is 1. The van der Waals surface area contributed by atoms with Crippen LogP contribution in [0.4, 0.5) is 4.39 Å². The van der Waals surface area contributed by atoms with Crippen LogP contribution in [0.1, 0.15) is 40.5 Å². The molecule has 37 heavy (non-hydrogen) atoms. The van der Waals surface area contributed by atoms with Gasteiger partial charge in [-0.2, -0.15) is 10.2 Å². The molecule has 2 aromatic heterocycles. The van der Waals surface area contributed by atoms with Gasteiger partial charge in [-0.1, -0.05) is 24.2 Å². The number of halogens is 2. The van der Waals surface area contributed by atoms with Gasteiger partial charge in [0.2, 0.25) is 5.91 Å². The van der Waals surface area contributed by atoms with E-state index in [0.717, 1.165) is 59.2 Å². The topological polar surface area (TPSA) is 83.9 Å². The van der Waals surface area contributed by atoms with Gasteiger partial charge in [0.15, 0.2) is 6.29 Å². The smallest absolute Gasteiger partial charge is 0.245 e. The van der Waals surface area contributed by atoms with Gasteiger partial charge in [-0.3, -0.25) is 19.4 Å². The van der Waals surface area contributed by atoms with Crippen LogP contribution in [0, 0.1) is 25.1 Å². The second kappa shape index (κ2) is 8.38. The predicted octanol–water partition coefficient (Wildman–Crippen LogP) is 5.66. The van der Waals surface area contributed by atoms with Crippen molar-refractivity contribution in [2.24, 2.45) is 5.41 Å². The van der Waals surface area contributed by atoms with E-state index in [1.54, 1.807) is 12.3 Å². The number of nitrogens with zero attached hydrogens (tertiary/aromatic N) is 4. The third-order valence-electron chi connectivity index (χ3n) is 7.89. The van der Waals surface area contributed by atoms with Crippen molar-refractivity contribution in [2.75, 3.05) is 13.1 Å². The third-order valence-corrected chi connectivity index (χ3v) is 8.37. The molecule has 1 saturated heterocycles.